The molecule has 0 amide bonds. The fourth-order valence-electron chi connectivity index (χ4n) is 3.05. The number of aromatic amines is 1. The van der Waals surface area contributed by atoms with E-state index in [0.717, 1.165) is 0 Å². The molecule has 12 heteroatoms. The van der Waals surface area contributed by atoms with E-state index in [1.54, 1.807) is 34.9 Å². The second-order valence-corrected chi connectivity index (χ2v) is 8.12. The van der Waals surface area contributed by atoms with Crippen molar-refractivity contribution in [3.05, 3.63) is 52.6 Å². The Hall–Kier alpha value is -1.52. The second-order valence-electron chi connectivity index (χ2n) is 6.32. The molecule has 0 aliphatic rings. The van der Waals surface area contributed by atoms with Gasteiger partial charge in [-0.15, -0.1) is 0 Å². The first kappa shape index (κ1) is 22.8. The van der Waals surface area contributed by atoms with E-state index in [4.69, 9.17) is 5.73 Å². The molecule has 1 radical (unpaired) electrons. The van der Waals surface area contributed by atoms with Crippen molar-refractivity contribution in [3.8, 4) is 0 Å². The number of aliphatic hydroxyl groups is 1. The molecule has 3 aromatic rings. The number of fused-ring (bicyclic) bond motifs is 1. The number of nitrogens with zero attached hydrogens (tertiary/aromatic N) is 3. The molecule has 6 N–H and O–H groups in total. The van der Waals surface area contributed by atoms with Gasteiger partial charge in [0, 0.05) is 48.6 Å². The summed E-state index contributed by atoms with van der Waals surface area (Å²) in [5.41, 5.74) is 4.90. The van der Waals surface area contributed by atoms with Crippen LogP contribution in [0.15, 0.2) is 41.5 Å². The third kappa shape index (κ3) is 5.09. The molecule has 2 atom stereocenters. The molecule has 0 saturated carbocycles. The van der Waals surface area contributed by atoms with Gasteiger partial charge in [0.15, 0.2) is 11.2 Å². The molecular weight excluding hydrogens is 396 g/mol. The first-order chi connectivity index (χ1) is 12.8. The number of imidazole rings is 1. The molecule has 10 nitrogen and oxygen atoms in total. The molecule has 0 spiro atoms. The molecule has 2 unspecified atom stereocenters. The zero-order valence-electron chi connectivity index (χ0n) is 15.3. The van der Waals surface area contributed by atoms with Crippen LogP contribution in [0.1, 0.15) is 17.6 Å². The quantitative estimate of drug-likeness (QED) is 0.270. The van der Waals surface area contributed by atoms with E-state index >= 15 is 0 Å². The van der Waals surface area contributed by atoms with Gasteiger partial charge in [0.2, 0.25) is 5.95 Å². The van der Waals surface area contributed by atoms with Crippen LogP contribution in [-0.2, 0) is 11.1 Å². The Morgan fingerprint density at radius 2 is 1.93 bits per heavy atom. The molecule has 0 aliphatic carbocycles. The largest absolute Gasteiger partial charge is 0.396 e. The van der Waals surface area contributed by atoms with E-state index in [1.165, 1.54) is 6.33 Å². The Bertz CT molecular complexity index is 1030. The molecule has 0 aliphatic heterocycles. The number of nitrogens with two attached hydrogens (primary N) is 1. The molecule has 145 valence electrons. The van der Waals surface area contributed by atoms with Crippen molar-refractivity contribution < 1.29 is 19.5 Å². The Labute approximate surface area is 182 Å². The molecule has 28 heavy (non-hydrogen) atoms. The summed E-state index contributed by atoms with van der Waals surface area (Å²) in [6.45, 7) is -0.131. The monoisotopic (exact) mass is 416 g/mol. The van der Waals surface area contributed by atoms with E-state index in [1.807, 2.05) is 0 Å². The maximum Gasteiger partial charge on any atom is 0.332 e. The van der Waals surface area contributed by atoms with Crippen LogP contribution in [0.3, 0.4) is 0 Å². The minimum absolute atomic E-state index is 0. The predicted octanol–water partition coefficient (Wildman–Crippen LogP) is 0.239. The van der Waals surface area contributed by atoms with Crippen LogP contribution in [0.2, 0.25) is 0 Å². The van der Waals surface area contributed by atoms with Crippen molar-refractivity contribution in [2.75, 3.05) is 12.3 Å². The number of rotatable bonds is 7. The topological polar surface area (TPSA) is 167 Å². The average Bonchev–Trinajstić information content (AvgIpc) is 3.01. The first-order valence-electron chi connectivity index (χ1n) is 8.21. The molecular formula is C16H20N5NaO5P. The summed E-state index contributed by atoms with van der Waals surface area (Å²) in [6.07, 6.45) is 1.44. The van der Waals surface area contributed by atoms with E-state index in [9.17, 15) is 24.3 Å². The maximum atomic E-state index is 12.0. The van der Waals surface area contributed by atoms with Gasteiger partial charge in [0.05, 0.1) is 12.0 Å². The molecule has 0 saturated heterocycles. The number of hydrogen-bond donors (Lipinski definition) is 5. The molecule has 2 aromatic heterocycles. The fourth-order valence-corrected chi connectivity index (χ4v) is 4.18. The number of aromatic nitrogens is 4. The van der Waals surface area contributed by atoms with E-state index in [0.29, 0.717) is 5.56 Å². The first-order valence-corrected chi connectivity index (χ1v) is 9.89. The minimum Gasteiger partial charge on any atom is -0.396 e. The smallest absolute Gasteiger partial charge is 0.332 e. The predicted molar refractivity (Wildman–Crippen MR) is 105 cm³/mol. The zero-order chi connectivity index (χ0) is 19.6. The van der Waals surface area contributed by atoms with E-state index in [-0.39, 0.29) is 66.2 Å². The number of H-pyrrole nitrogens is 1. The van der Waals surface area contributed by atoms with Crippen molar-refractivity contribution in [3.63, 3.8) is 0 Å². The summed E-state index contributed by atoms with van der Waals surface area (Å²) in [4.78, 5) is 41.8. The molecule has 3 rings (SSSR count). The number of nitrogen functional groups attached to an aromatic ring is 1. The number of aliphatic hydroxyl groups excluding tert-OH is 1. The van der Waals surface area contributed by atoms with Gasteiger partial charge in [-0.25, -0.2) is 4.98 Å². The Balaban J connectivity index is 0.00000280. The normalized spacial score (nSPS) is 13.8. The third-order valence-corrected chi connectivity index (χ3v) is 5.67. The molecule has 2 heterocycles. The van der Waals surface area contributed by atoms with Crippen molar-refractivity contribution >= 4 is 54.3 Å². The van der Waals surface area contributed by atoms with Gasteiger partial charge in [0.1, 0.15) is 0 Å². The number of benzene rings is 1. The van der Waals surface area contributed by atoms with Crippen LogP contribution in [0, 0.1) is 5.92 Å². The van der Waals surface area contributed by atoms with Gasteiger partial charge in [-0.1, -0.05) is 30.3 Å². The Morgan fingerprint density at radius 1 is 1.25 bits per heavy atom. The van der Waals surface area contributed by atoms with Crippen molar-refractivity contribution in [1.29, 1.82) is 0 Å². The summed E-state index contributed by atoms with van der Waals surface area (Å²) in [6, 6.07) is 8.46. The summed E-state index contributed by atoms with van der Waals surface area (Å²) in [7, 11) is -4.45. The van der Waals surface area contributed by atoms with Crippen molar-refractivity contribution in [1.82, 2.24) is 19.5 Å². The molecule has 0 bridgehead atoms. The van der Waals surface area contributed by atoms with E-state index < -0.39 is 24.7 Å². The summed E-state index contributed by atoms with van der Waals surface area (Å²) in [5.74, 6) is -0.560. The summed E-state index contributed by atoms with van der Waals surface area (Å²) < 4.78 is 13.6. The number of nitrogens with one attached hydrogen (secondary N) is 1. The van der Waals surface area contributed by atoms with Crippen molar-refractivity contribution in [2.45, 2.75) is 18.6 Å². The van der Waals surface area contributed by atoms with Crippen LogP contribution in [0.4, 0.5) is 5.95 Å². The van der Waals surface area contributed by atoms with Gasteiger partial charge in [-0.2, -0.15) is 4.98 Å². The van der Waals surface area contributed by atoms with Gasteiger partial charge >= 0.3 is 7.60 Å². The fraction of sp³-hybridized carbons (Fsp3) is 0.312. The van der Waals surface area contributed by atoms with Crippen LogP contribution < -0.4 is 11.3 Å². The van der Waals surface area contributed by atoms with Crippen molar-refractivity contribution in [2.24, 2.45) is 5.92 Å². The van der Waals surface area contributed by atoms with Crippen LogP contribution in [-0.4, -0.2) is 70.6 Å². The summed E-state index contributed by atoms with van der Waals surface area (Å²) >= 11 is 0. The van der Waals surface area contributed by atoms with Crippen LogP contribution in [0.25, 0.3) is 11.2 Å². The molecule has 0 fully saturated rings. The van der Waals surface area contributed by atoms with Crippen LogP contribution >= 0.6 is 7.60 Å². The van der Waals surface area contributed by atoms with Crippen LogP contribution in [0.5, 0.6) is 0 Å². The Kier molecular flexibility index (Phi) is 7.58. The average molecular weight is 416 g/mol. The molecule has 1 aromatic carbocycles. The Morgan fingerprint density at radius 3 is 2.54 bits per heavy atom. The second kappa shape index (κ2) is 9.32. The number of hydrogen-bond acceptors (Lipinski definition) is 6. The summed E-state index contributed by atoms with van der Waals surface area (Å²) in [5, 5.41) is 9.77. The maximum absolute atomic E-state index is 12.0. The van der Waals surface area contributed by atoms with Gasteiger partial charge in [-0.05, 0) is 12.0 Å². The third-order valence-electron chi connectivity index (χ3n) is 4.35. The zero-order valence-corrected chi connectivity index (χ0v) is 18.2. The van der Waals surface area contributed by atoms with Gasteiger partial charge in [-0.3, -0.25) is 14.3 Å². The van der Waals surface area contributed by atoms with Gasteiger partial charge < -0.3 is 25.2 Å². The standard InChI is InChI=1S/C16H20N5O5P.Na/c17-16-19-14-13(15(23)20-16)18-9-21(14)7-10(8-22)6-12(27(24,25)26)11-4-2-1-3-5-11;/h1-5,9-10,12,22H,6-8H2,(H2,24,25,26)(H3,17,19,20,23);. The SMILES string of the molecule is Nc1nc2c(ncn2CC(CO)CC(c2ccccc2)P(=O)(O)O)c(=O)[nH]1.[Na]. The number of anilines is 1. The minimum atomic E-state index is -4.45. The van der Waals surface area contributed by atoms with Gasteiger partial charge in [0.25, 0.3) is 5.56 Å². The van der Waals surface area contributed by atoms with E-state index in [2.05, 4.69) is 15.0 Å².